The third-order valence-corrected chi connectivity index (χ3v) is 3.25. The van der Waals surface area contributed by atoms with E-state index in [1.807, 2.05) is 0 Å². The van der Waals surface area contributed by atoms with E-state index >= 15 is 0 Å². The summed E-state index contributed by atoms with van der Waals surface area (Å²) in [5, 5.41) is -0.0760. The second-order valence-corrected chi connectivity index (χ2v) is 4.64. The molecule has 0 spiro atoms. The summed E-state index contributed by atoms with van der Waals surface area (Å²) in [5.41, 5.74) is -0.183. The van der Waals surface area contributed by atoms with Crippen molar-refractivity contribution < 1.29 is 22.6 Å². The van der Waals surface area contributed by atoms with Crippen LogP contribution in [0.2, 0.25) is 10.0 Å². The SMILES string of the molecule is FC(F)(F)[C@@H](OC[C@@H]1CO1)c1cccc(Cl)c1Cl. The van der Waals surface area contributed by atoms with Gasteiger partial charge in [-0.1, -0.05) is 35.3 Å². The van der Waals surface area contributed by atoms with Crippen LogP contribution in [-0.4, -0.2) is 25.5 Å². The number of ether oxygens (including phenoxy) is 2. The summed E-state index contributed by atoms with van der Waals surface area (Å²) in [6.07, 6.45) is -6.90. The fourth-order valence-corrected chi connectivity index (χ4v) is 1.86. The normalized spacial score (nSPS) is 20.8. The molecule has 1 saturated heterocycles. The van der Waals surface area contributed by atoms with Gasteiger partial charge in [0, 0.05) is 5.56 Å². The Balaban J connectivity index is 2.23. The van der Waals surface area contributed by atoms with Crippen molar-refractivity contribution in [1.29, 1.82) is 0 Å². The van der Waals surface area contributed by atoms with Crippen LogP contribution < -0.4 is 0 Å². The Morgan fingerprint density at radius 1 is 1.39 bits per heavy atom. The molecule has 0 saturated carbocycles. The molecule has 1 aliphatic heterocycles. The lowest BCUT2D eigenvalue weighted by molar-refractivity contribution is -0.224. The van der Waals surface area contributed by atoms with Crippen LogP contribution in [-0.2, 0) is 9.47 Å². The standard InChI is InChI=1S/C11H9Cl2F3O2/c12-8-3-1-2-7(9(8)13)10(11(14,15)16)18-5-6-4-17-6/h1-3,6,10H,4-5H2/t6-,10-/m0/s1. The molecule has 2 atom stereocenters. The molecule has 2 rings (SSSR count). The number of alkyl halides is 3. The summed E-state index contributed by atoms with van der Waals surface area (Å²) in [6.45, 7) is 0.306. The Bertz CT molecular complexity index is 433. The molecule has 1 aromatic carbocycles. The van der Waals surface area contributed by atoms with Crippen LogP contribution in [0.5, 0.6) is 0 Å². The van der Waals surface area contributed by atoms with Crippen LogP contribution in [0.3, 0.4) is 0 Å². The van der Waals surface area contributed by atoms with E-state index in [-0.39, 0.29) is 28.3 Å². The minimum Gasteiger partial charge on any atom is -0.371 e. The average Bonchev–Trinajstić information content (AvgIpc) is 3.06. The molecular formula is C11H9Cl2F3O2. The maximum Gasteiger partial charge on any atom is 0.418 e. The molecule has 18 heavy (non-hydrogen) atoms. The Kier molecular flexibility index (Phi) is 4.06. The predicted molar refractivity (Wildman–Crippen MR) is 61.0 cm³/mol. The van der Waals surface area contributed by atoms with Crippen molar-refractivity contribution in [1.82, 2.24) is 0 Å². The van der Waals surface area contributed by atoms with E-state index in [0.29, 0.717) is 6.61 Å². The van der Waals surface area contributed by atoms with Crippen molar-refractivity contribution in [2.45, 2.75) is 18.4 Å². The second kappa shape index (κ2) is 5.25. The molecule has 0 N–H and O–H groups in total. The molecular weight excluding hydrogens is 292 g/mol. The number of hydrogen-bond acceptors (Lipinski definition) is 2. The van der Waals surface area contributed by atoms with E-state index < -0.39 is 12.3 Å². The van der Waals surface area contributed by atoms with Crippen molar-refractivity contribution in [3.8, 4) is 0 Å². The fourth-order valence-electron chi connectivity index (χ4n) is 1.45. The van der Waals surface area contributed by atoms with Crippen molar-refractivity contribution in [2.24, 2.45) is 0 Å². The maximum absolute atomic E-state index is 12.9. The van der Waals surface area contributed by atoms with Gasteiger partial charge < -0.3 is 9.47 Å². The van der Waals surface area contributed by atoms with E-state index in [2.05, 4.69) is 0 Å². The number of hydrogen-bond donors (Lipinski definition) is 0. The molecule has 2 nitrogen and oxygen atoms in total. The molecule has 1 fully saturated rings. The van der Waals surface area contributed by atoms with E-state index in [1.54, 1.807) is 0 Å². The second-order valence-electron chi connectivity index (χ2n) is 3.85. The van der Waals surface area contributed by atoms with Crippen molar-refractivity contribution >= 4 is 23.2 Å². The zero-order chi connectivity index (χ0) is 13.3. The van der Waals surface area contributed by atoms with Crippen molar-refractivity contribution in [3.05, 3.63) is 33.8 Å². The molecule has 1 heterocycles. The lowest BCUT2D eigenvalue weighted by Crippen LogP contribution is -2.25. The molecule has 0 aromatic heterocycles. The first-order valence-corrected chi connectivity index (χ1v) is 5.89. The van der Waals surface area contributed by atoms with Gasteiger partial charge in [0.1, 0.15) is 6.10 Å². The summed E-state index contributed by atoms with van der Waals surface area (Å²) in [5.74, 6) is 0. The Hall–Kier alpha value is -0.490. The summed E-state index contributed by atoms with van der Waals surface area (Å²) in [6, 6.07) is 4.07. The van der Waals surface area contributed by atoms with E-state index in [9.17, 15) is 13.2 Å². The van der Waals surface area contributed by atoms with Gasteiger partial charge in [-0.15, -0.1) is 0 Å². The van der Waals surface area contributed by atoms with Crippen LogP contribution in [0.25, 0.3) is 0 Å². The van der Waals surface area contributed by atoms with Gasteiger partial charge in [0.15, 0.2) is 6.10 Å². The third kappa shape index (κ3) is 3.29. The van der Waals surface area contributed by atoms with Gasteiger partial charge in [0.25, 0.3) is 0 Å². The molecule has 0 aliphatic carbocycles. The van der Waals surface area contributed by atoms with Crippen LogP contribution in [0.4, 0.5) is 13.2 Å². The Labute approximate surface area is 112 Å². The molecule has 7 heteroatoms. The fraction of sp³-hybridized carbons (Fsp3) is 0.455. The lowest BCUT2D eigenvalue weighted by Gasteiger charge is -2.22. The predicted octanol–water partition coefficient (Wildman–Crippen LogP) is 4.01. The summed E-state index contributed by atoms with van der Waals surface area (Å²) in [4.78, 5) is 0. The smallest absolute Gasteiger partial charge is 0.371 e. The molecule has 0 radical (unpaired) electrons. The number of halogens is 5. The van der Waals surface area contributed by atoms with E-state index in [1.165, 1.54) is 18.2 Å². The molecule has 0 amide bonds. The van der Waals surface area contributed by atoms with Crippen molar-refractivity contribution in [2.75, 3.05) is 13.2 Å². The minimum absolute atomic E-state index is 0.0645. The van der Waals surface area contributed by atoms with Gasteiger partial charge in [-0.25, -0.2) is 0 Å². The van der Waals surface area contributed by atoms with E-state index in [4.69, 9.17) is 32.7 Å². The van der Waals surface area contributed by atoms with Gasteiger partial charge >= 0.3 is 6.18 Å². The van der Waals surface area contributed by atoms with Crippen LogP contribution in [0.15, 0.2) is 18.2 Å². The van der Waals surface area contributed by atoms with Gasteiger partial charge in [0.05, 0.1) is 23.3 Å². The van der Waals surface area contributed by atoms with Crippen molar-refractivity contribution in [3.63, 3.8) is 0 Å². The van der Waals surface area contributed by atoms with Crippen LogP contribution >= 0.6 is 23.2 Å². The quantitative estimate of drug-likeness (QED) is 0.784. The first kappa shape index (κ1) is 13.9. The highest BCUT2D eigenvalue weighted by molar-refractivity contribution is 6.42. The minimum atomic E-state index is -4.55. The van der Waals surface area contributed by atoms with Gasteiger partial charge in [-0.3, -0.25) is 0 Å². The zero-order valence-corrected chi connectivity index (χ0v) is 10.5. The number of epoxide rings is 1. The molecule has 1 aromatic rings. The topological polar surface area (TPSA) is 21.8 Å². The molecule has 1 aliphatic rings. The average molecular weight is 301 g/mol. The van der Waals surface area contributed by atoms with Crippen LogP contribution in [0, 0.1) is 0 Å². The summed E-state index contributed by atoms with van der Waals surface area (Å²) in [7, 11) is 0. The lowest BCUT2D eigenvalue weighted by atomic mass is 10.1. The van der Waals surface area contributed by atoms with Crippen LogP contribution in [0.1, 0.15) is 11.7 Å². The molecule has 100 valence electrons. The van der Waals surface area contributed by atoms with E-state index in [0.717, 1.165) is 0 Å². The third-order valence-electron chi connectivity index (χ3n) is 2.41. The largest absolute Gasteiger partial charge is 0.418 e. The highest BCUT2D eigenvalue weighted by atomic mass is 35.5. The zero-order valence-electron chi connectivity index (χ0n) is 9.01. The summed E-state index contributed by atoms with van der Waals surface area (Å²) >= 11 is 11.5. The Morgan fingerprint density at radius 2 is 2.06 bits per heavy atom. The highest BCUT2D eigenvalue weighted by Crippen LogP contribution is 2.41. The molecule has 0 bridgehead atoms. The first-order valence-electron chi connectivity index (χ1n) is 5.13. The summed E-state index contributed by atoms with van der Waals surface area (Å²) < 4.78 is 48.4. The first-order chi connectivity index (χ1) is 8.39. The Morgan fingerprint density at radius 3 is 2.61 bits per heavy atom. The van der Waals surface area contributed by atoms with Gasteiger partial charge in [-0.2, -0.15) is 13.2 Å². The maximum atomic E-state index is 12.9. The van der Waals surface area contributed by atoms with Gasteiger partial charge in [0.2, 0.25) is 0 Å². The number of rotatable bonds is 4. The number of benzene rings is 1. The molecule has 0 unspecified atom stereocenters. The van der Waals surface area contributed by atoms with Gasteiger partial charge in [-0.05, 0) is 6.07 Å². The monoisotopic (exact) mass is 300 g/mol. The highest BCUT2D eigenvalue weighted by Gasteiger charge is 2.44.